The van der Waals surface area contributed by atoms with E-state index in [9.17, 15) is 14.5 Å². The number of nitrogens with zero attached hydrogens (tertiary/aromatic N) is 1. The summed E-state index contributed by atoms with van der Waals surface area (Å²) in [6.07, 6.45) is 1.84. The Morgan fingerprint density at radius 3 is 2.63 bits per heavy atom. The highest BCUT2D eigenvalue weighted by molar-refractivity contribution is 5.43. The first-order valence-corrected chi connectivity index (χ1v) is 6.68. The molecule has 0 heterocycles. The van der Waals surface area contributed by atoms with E-state index in [0.29, 0.717) is 5.56 Å². The summed E-state index contributed by atoms with van der Waals surface area (Å²) in [5.41, 5.74) is 0.450. The van der Waals surface area contributed by atoms with Crippen molar-refractivity contribution in [1.29, 1.82) is 0 Å². The van der Waals surface area contributed by atoms with E-state index in [-0.39, 0.29) is 17.6 Å². The van der Waals surface area contributed by atoms with E-state index in [0.717, 1.165) is 25.5 Å². The largest absolute Gasteiger partial charge is 0.313 e. The fraction of sp³-hybridized carbons (Fsp3) is 0.571. The Kier molecular flexibility index (Phi) is 5.89. The molecular weight excluding hydrogens is 247 g/mol. The van der Waals surface area contributed by atoms with E-state index in [4.69, 9.17) is 0 Å². The maximum absolute atomic E-state index is 13.3. The first-order valence-electron chi connectivity index (χ1n) is 6.68. The molecule has 0 aliphatic carbocycles. The fourth-order valence-electron chi connectivity index (χ4n) is 2.28. The van der Waals surface area contributed by atoms with Gasteiger partial charge >= 0.3 is 0 Å². The molecule has 0 spiro atoms. The number of nitro groups is 1. The van der Waals surface area contributed by atoms with Crippen LogP contribution in [0.15, 0.2) is 18.2 Å². The summed E-state index contributed by atoms with van der Waals surface area (Å²) in [6.45, 7) is 6.84. The van der Waals surface area contributed by atoms with E-state index in [1.807, 2.05) is 13.8 Å². The second kappa shape index (κ2) is 7.19. The third kappa shape index (κ3) is 3.99. The average molecular weight is 268 g/mol. The van der Waals surface area contributed by atoms with Crippen LogP contribution in [0.2, 0.25) is 0 Å². The van der Waals surface area contributed by atoms with Crippen LogP contribution in [0, 0.1) is 15.9 Å². The van der Waals surface area contributed by atoms with Gasteiger partial charge in [0.25, 0.3) is 5.69 Å². The molecular formula is C14H21FN2O2. The van der Waals surface area contributed by atoms with Crippen molar-refractivity contribution >= 4 is 5.69 Å². The van der Waals surface area contributed by atoms with E-state index >= 15 is 0 Å². The number of nitrogens with one attached hydrogen (secondary N) is 1. The predicted octanol–water partition coefficient (Wildman–Crippen LogP) is 3.62. The smallest absolute Gasteiger partial charge is 0.273 e. The van der Waals surface area contributed by atoms with Gasteiger partial charge in [-0.15, -0.1) is 0 Å². The second-order valence-corrected chi connectivity index (χ2v) is 4.72. The number of benzene rings is 1. The molecule has 0 saturated heterocycles. The molecule has 4 nitrogen and oxygen atoms in total. The maximum atomic E-state index is 13.3. The third-order valence-electron chi connectivity index (χ3n) is 3.38. The molecule has 1 rings (SSSR count). The topological polar surface area (TPSA) is 55.2 Å². The van der Waals surface area contributed by atoms with Crippen LogP contribution in [-0.2, 0) is 0 Å². The molecule has 2 atom stereocenters. The van der Waals surface area contributed by atoms with Gasteiger partial charge < -0.3 is 5.32 Å². The number of nitro benzene ring substituents is 1. The molecule has 19 heavy (non-hydrogen) atoms. The van der Waals surface area contributed by atoms with Crippen LogP contribution in [0.5, 0.6) is 0 Å². The average Bonchev–Trinajstić information content (AvgIpc) is 2.38. The third-order valence-corrected chi connectivity index (χ3v) is 3.38. The van der Waals surface area contributed by atoms with Crippen LogP contribution in [0.4, 0.5) is 10.1 Å². The van der Waals surface area contributed by atoms with E-state index < -0.39 is 10.7 Å². The van der Waals surface area contributed by atoms with Gasteiger partial charge in [0.2, 0.25) is 0 Å². The van der Waals surface area contributed by atoms with Gasteiger partial charge in [0, 0.05) is 23.6 Å². The van der Waals surface area contributed by atoms with Crippen molar-refractivity contribution in [2.75, 3.05) is 6.54 Å². The van der Waals surface area contributed by atoms with Crippen LogP contribution in [0.25, 0.3) is 0 Å². The number of rotatable bonds is 7. The van der Waals surface area contributed by atoms with Crippen molar-refractivity contribution in [2.45, 2.75) is 45.6 Å². The summed E-state index contributed by atoms with van der Waals surface area (Å²) in [7, 11) is 0. The van der Waals surface area contributed by atoms with Gasteiger partial charge in [-0.25, -0.2) is 4.39 Å². The Morgan fingerprint density at radius 2 is 2.11 bits per heavy atom. The van der Waals surface area contributed by atoms with Gasteiger partial charge in [-0.3, -0.25) is 10.1 Å². The molecule has 106 valence electrons. The molecule has 5 heteroatoms. The minimum absolute atomic E-state index is 0.00866. The van der Waals surface area contributed by atoms with Crippen molar-refractivity contribution in [3.63, 3.8) is 0 Å². The van der Waals surface area contributed by atoms with E-state index in [1.165, 1.54) is 12.1 Å². The number of halogens is 1. The zero-order valence-corrected chi connectivity index (χ0v) is 11.6. The molecule has 0 saturated carbocycles. The molecule has 2 unspecified atom stereocenters. The van der Waals surface area contributed by atoms with Crippen LogP contribution in [-0.4, -0.2) is 17.5 Å². The normalized spacial score (nSPS) is 14.1. The summed E-state index contributed by atoms with van der Waals surface area (Å²) in [4.78, 5) is 10.6. The maximum Gasteiger partial charge on any atom is 0.273 e. The molecule has 0 aliphatic heterocycles. The second-order valence-electron chi connectivity index (χ2n) is 4.72. The quantitative estimate of drug-likeness (QED) is 0.607. The van der Waals surface area contributed by atoms with E-state index in [2.05, 4.69) is 12.2 Å². The summed E-state index contributed by atoms with van der Waals surface area (Å²) in [6, 6.07) is 3.77. The SMILES string of the molecule is CCCNC(CC)C(C)c1cc(F)ccc1[N+](=O)[O-]. The molecule has 0 aromatic heterocycles. The highest BCUT2D eigenvalue weighted by atomic mass is 19.1. The molecule has 0 fully saturated rings. The number of hydrogen-bond donors (Lipinski definition) is 1. The van der Waals surface area contributed by atoms with Gasteiger partial charge in [0.1, 0.15) is 5.82 Å². The molecule has 1 N–H and O–H groups in total. The summed E-state index contributed by atoms with van der Waals surface area (Å²) in [5.74, 6) is -0.537. The zero-order chi connectivity index (χ0) is 14.4. The standard InChI is InChI=1S/C14H21FN2O2/c1-4-8-16-13(5-2)10(3)12-9-11(15)6-7-14(12)17(18)19/h6-7,9-10,13,16H,4-5,8H2,1-3H3. The Balaban J connectivity index is 3.05. The monoisotopic (exact) mass is 268 g/mol. The van der Waals surface area contributed by atoms with Crippen molar-refractivity contribution in [3.05, 3.63) is 39.7 Å². The Hall–Kier alpha value is -1.49. The molecule has 0 radical (unpaired) electrons. The minimum atomic E-state index is -0.447. The van der Waals surface area contributed by atoms with Gasteiger partial charge in [0.05, 0.1) is 4.92 Å². The van der Waals surface area contributed by atoms with Crippen molar-refractivity contribution in [3.8, 4) is 0 Å². The molecule has 0 bridgehead atoms. The molecule has 0 aliphatic rings. The Morgan fingerprint density at radius 1 is 1.42 bits per heavy atom. The number of hydrogen-bond acceptors (Lipinski definition) is 3. The first kappa shape index (κ1) is 15.6. The lowest BCUT2D eigenvalue weighted by molar-refractivity contribution is -0.385. The molecule has 1 aromatic rings. The summed E-state index contributed by atoms with van der Waals surface area (Å²) in [5, 5.41) is 14.4. The molecule has 0 amide bonds. The van der Waals surface area contributed by atoms with Gasteiger partial charge in [-0.1, -0.05) is 20.8 Å². The highest BCUT2D eigenvalue weighted by Crippen LogP contribution is 2.30. The van der Waals surface area contributed by atoms with Crippen molar-refractivity contribution in [1.82, 2.24) is 5.32 Å². The lowest BCUT2D eigenvalue weighted by Gasteiger charge is -2.24. The van der Waals surface area contributed by atoms with Crippen molar-refractivity contribution in [2.24, 2.45) is 0 Å². The zero-order valence-electron chi connectivity index (χ0n) is 11.6. The lowest BCUT2D eigenvalue weighted by atomic mass is 9.90. The Bertz CT molecular complexity index is 437. The van der Waals surface area contributed by atoms with Crippen LogP contribution < -0.4 is 5.32 Å². The van der Waals surface area contributed by atoms with Crippen LogP contribution in [0.3, 0.4) is 0 Å². The van der Waals surface area contributed by atoms with Gasteiger partial charge in [-0.05, 0) is 31.5 Å². The molecule has 1 aromatic carbocycles. The summed E-state index contributed by atoms with van der Waals surface area (Å²) < 4.78 is 13.3. The van der Waals surface area contributed by atoms with Gasteiger partial charge in [0.15, 0.2) is 0 Å². The fourth-order valence-corrected chi connectivity index (χ4v) is 2.28. The minimum Gasteiger partial charge on any atom is -0.313 e. The van der Waals surface area contributed by atoms with Crippen LogP contribution in [0.1, 0.15) is 45.1 Å². The lowest BCUT2D eigenvalue weighted by Crippen LogP contribution is -2.34. The highest BCUT2D eigenvalue weighted by Gasteiger charge is 2.24. The van der Waals surface area contributed by atoms with Gasteiger partial charge in [-0.2, -0.15) is 0 Å². The first-order chi connectivity index (χ1) is 9.01. The predicted molar refractivity (Wildman–Crippen MR) is 73.8 cm³/mol. The van der Waals surface area contributed by atoms with Crippen LogP contribution >= 0.6 is 0 Å². The Labute approximate surface area is 113 Å². The van der Waals surface area contributed by atoms with Crippen molar-refractivity contribution < 1.29 is 9.31 Å². The van der Waals surface area contributed by atoms with E-state index in [1.54, 1.807) is 0 Å². The summed E-state index contributed by atoms with van der Waals surface area (Å²) >= 11 is 0.